The van der Waals surface area contributed by atoms with Crippen molar-refractivity contribution in [1.82, 2.24) is 19.5 Å². The van der Waals surface area contributed by atoms with Crippen LogP contribution in [0.25, 0.3) is 94.7 Å². The van der Waals surface area contributed by atoms with Crippen LogP contribution in [0, 0.1) is 0 Å². The zero-order chi connectivity index (χ0) is 37.4. The molecule has 10 aromatic rings. The third-order valence-corrected chi connectivity index (χ3v) is 9.17. The van der Waals surface area contributed by atoms with Crippen molar-refractivity contribution in [1.29, 1.82) is 0 Å². The lowest BCUT2D eigenvalue weighted by Crippen LogP contribution is -2.06. The molecule has 7 aromatic carbocycles. The lowest BCUT2D eigenvalue weighted by molar-refractivity contribution is 0.669. The summed E-state index contributed by atoms with van der Waals surface area (Å²) in [6, 6.07) is 43.7. The smallest absolute Gasteiger partial charge is 0.238 e. The molecule has 5 nitrogen and oxygen atoms in total. The van der Waals surface area contributed by atoms with Crippen LogP contribution >= 0.6 is 0 Å². The lowest BCUT2D eigenvalue weighted by Gasteiger charge is -2.11. The molecule has 50 heavy (non-hydrogen) atoms. The molecule has 234 valence electrons. The second-order valence-corrected chi connectivity index (χ2v) is 12.1. The second kappa shape index (κ2) is 11.4. The molecule has 0 fully saturated rings. The Kier molecular flexibility index (Phi) is 5.35. The molecule has 0 aliphatic rings. The topological polar surface area (TPSA) is 56.7 Å². The predicted octanol–water partition coefficient (Wildman–Crippen LogP) is 11.5. The van der Waals surface area contributed by atoms with Gasteiger partial charge in [0.2, 0.25) is 5.95 Å². The summed E-state index contributed by atoms with van der Waals surface area (Å²) in [5.41, 5.74) is 7.36. The van der Waals surface area contributed by atoms with Gasteiger partial charge in [-0.05, 0) is 52.6 Å². The van der Waals surface area contributed by atoms with Crippen molar-refractivity contribution in [3.63, 3.8) is 0 Å². The normalized spacial score (nSPS) is 13.0. The largest absolute Gasteiger partial charge is 0.456 e. The first-order chi connectivity index (χ1) is 26.9. The van der Waals surface area contributed by atoms with Crippen LogP contribution in [-0.4, -0.2) is 19.5 Å². The number of nitrogens with zero attached hydrogens (tertiary/aromatic N) is 4. The van der Waals surface area contributed by atoms with Gasteiger partial charge in [-0.2, -0.15) is 9.97 Å². The first-order valence-electron chi connectivity index (χ1n) is 18.8. The van der Waals surface area contributed by atoms with E-state index in [1.54, 1.807) is 6.07 Å². The molecule has 3 heterocycles. The predicted molar refractivity (Wildman–Crippen MR) is 203 cm³/mol. The third-order valence-electron chi connectivity index (χ3n) is 9.17. The van der Waals surface area contributed by atoms with Crippen molar-refractivity contribution < 1.29 is 11.3 Å². The van der Waals surface area contributed by atoms with Crippen molar-refractivity contribution in [3.8, 4) is 51.0 Å². The van der Waals surface area contributed by atoms with Crippen LogP contribution in [-0.2, 0) is 0 Å². The molecule has 3 aromatic heterocycles. The number of hydrogen-bond acceptors (Lipinski definition) is 4. The molecule has 0 amide bonds. The average Bonchev–Trinajstić information content (AvgIpc) is 3.79. The Labute approximate surface area is 294 Å². The fourth-order valence-electron chi connectivity index (χ4n) is 6.95. The zero-order valence-corrected chi connectivity index (χ0v) is 26.5. The second-order valence-electron chi connectivity index (χ2n) is 12.1. The van der Waals surface area contributed by atoms with Gasteiger partial charge >= 0.3 is 0 Å². The molecule has 0 radical (unpaired) electrons. The summed E-state index contributed by atoms with van der Waals surface area (Å²) >= 11 is 0. The van der Waals surface area contributed by atoms with Crippen LogP contribution in [0.5, 0.6) is 0 Å². The number of benzene rings is 7. The van der Waals surface area contributed by atoms with E-state index in [1.807, 2.05) is 108 Å². The van der Waals surface area contributed by atoms with E-state index in [1.165, 1.54) is 0 Å². The summed E-state index contributed by atoms with van der Waals surface area (Å²) in [6.45, 7) is 0. The van der Waals surface area contributed by atoms with E-state index in [-0.39, 0.29) is 29.7 Å². The molecule has 0 atom stereocenters. The van der Waals surface area contributed by atoms with Gasteiger partial charge in [-0.3, -0.25) is 4.57 Å². The van der Waals surface area contributed by atoms with Crippen LogP contribution < -0.4 is 0 Å². The summed E-state index contributed by atoms with van der Waals surface area (Å²) < 4.78 is 51.1. The maximum absolute atomic E-state index is 8.82. The number of para-hydroxylation sites is 1. The Balaban J connectivity index is 1.25. The van der Waals surface area contributed by atoms with Gasteiger partial charge in [0, 0.05) is 32.7 Å². The van der Waals surface area contributed by atoms with Crippen molar-refractivity contribution in [2.45, 2.75) is 0 Å². The molecular weight excluding hydrogens is 613 g/mol. The highest BCUT2D eigenvalue weighted by Gasteiger charge is 2.21. The van der Waals surface area contributed by atoms with E-state index in [0.717, 1.165) is 54.9 Å². The first kappa shape index (κ1) is 23.5. The Morgan fingerprint density at radius 3 is 2.00 bits per heavy atom. The van der Waals surface area contributed by atoms with Crippen LogP contribution in [0.1, 0.15) is 6.85 Å². The van der Waals surface area contributed by atoms with Gasteiger partial charge in [-0.25, -0.2) is 4.98 Å². The highest BCUT2D eigenvalue weighted by atomic mass is 16.3. The van der Waals surface area contributed by atoms with Gasteiger partial charge in [0.15, 0.2) is 11.6 Å². The van der Waals surface area contributed by atoms with E-state index < -0.39 is 6.04 Å². The SMILES string of the molecule is [2H]c1c([2H])c([2H])c(-c2cccc3c2c2ccccc2n3-c2nc(-c3ccccc3)nc(-c3cccc4oc5cc(-c6ccccc6)ccc5c34)n2)c([2H])c1[2H]. The van der Waals surface area contributed by atoms with E-state index in [2.05, 4.69) is 30.3 Å². The number of hydrogen-bond donors (Lipinski definition) is 0. The minimum Gasteiger partial charge on any atom is -0.456 e. The maximum atomic E-state index is 8.82. The number of furan rings is 1. The van der Waals surface area contributed by atoms with E-state index in [0.29, 0.717) is 34.3 Å². The van der Waals surface area contributed by atoms with Crippen molar-refractivity contribution in [3.05, 3.63) is 170 Å². The quantitative estimate of drug-likeness (QED) is 0.187. The van der Waals surface area contributed by atoms with Crippen LogP contribution in [0.4, 0.5) is 0 Å². The molecule has 0 bridgehead atoms. The Morgan fingerprint density at radius 2 is 1.16 bits per heavy atom. The molecule has 0 unspecified atom stereocenters. The number of aromatic nitrogens is 4. The molecule has 0 saturated carbocycles. The van der Waals surface area contributed by atoms with E-state index in [4.69, 9.17) is 26.2 Å². The Bertz CT molecular complexity index is 3130. The summed E-state index contributed by atoms with van der Waals surface area (Å²) in [5, 5.41) is 3.37. The monoisotopic (exact) mass is 645 g/mol. The molecule has 0 spiro atoms. The summed E-state index contributed by atoms with van der Waals surface area (Å²) in [4.78, 5) is 15.3. The third kappa shape index (κ3) is 4.52. The molecule has 5 heteroatoms. The number of fused-ring (bicyclic) bond motifs is 6. The maximum Gasteiger partial charge on any atom is 0.238 e. The zero-order valence-electron chi connectivity index (χ0n) is 31.5. The van der Waals surface area contributed by atoms with Crippen molar-refractivity contribution >= 4 is 43.7 Å². The minimum absolute atomic E-state index is 0.134. The van der Waals surface area contributed by atoms with Crippen LogP contribution in [0.2, 0.25) is 0 Å². The van der Waals surface area contributed by atoms with Gasteiger partial charge in [0.05, 0.1) is 17.9 Å². The van der Waals surface area contributed by atoms with Gasteiger partial charge in [0.25, 0.3) is 0 Å². The molecule has 0 N–H and O–H groups in total. The van der Waals surface area contributed by atoms with Crippen molar-refractivity contribution in [2.24, 2.45) is 0 Å². The molecular formula is C45H28N4O. The standard InChI is InChI=1S/C45H28N4O/c1-4-14-29(15-5-1)32-26-27-35-40(28-32)50-39-25-13-22-36(42(35)39)44-46-43(31-18-8-3-9-19-31)47-45(48-44)49-37-23-11-10-20-34(37)41-33(21-12-24-38(41)49)30-16-6-2-7-17-30/h1-28H/i2D,6D,7D,16D,17D. The Morgan fingerprint density at radius 1 is 0.460 bits per heavy atom. The van der Waals surface area contributed by atoms with E-state index >= 15 is 0 Å². The fourth-order valence-corrected chi connectivity index (χ4v) is 6.95. The minimum atomic E-state index is -0.434. The molecule has 10 rings (SSSR count). The van der Waals surface area contributed by atoms with Gasteiger partial charge in [-0.1, -0.05) is 139 Å². The Hall–Kier alpha value is -6.85. The fraction of sp³-hybridized carbons (Fsp3) is 0. The average molecular weight is 646 g/mol. The molecule has 0 aliphatic carbocycles. The van der Waals surface area contributed by atoms with Crippen LogP contribution in [0.15, 0.2) is 174 Å². The van der Waals surface area contributed by atoms with Gasteiger partial charge in [0.1, 0.15) is 11.2 Å². The molecule has 0 saturated heterocycles. The van der Waals surface area contributed by atoms with Gasteiger partial charge in [-0.15, -0.1) is 0 Å². The summed E-state index contributed by atoms with van der Waals surface area (Å²) in [7, 11) is 0. The van der Waals surface area contributed by atoms with E-state index in [9.17, 15) is 0 Å². The highest BCUT2D eigenvalue weighted by Crippen LogP contribution is 2.40. The first-order valence-corrected chi connectivity index (χ1v) is 16.3. The lowest BCUT2D eigenvalue weighted by atomic mass is 9.99. The van der Waals surface area contributed by atoms with Crippen LogP contribution in [0.3, 0.4) is 0 Å². The number of rotatable bonds is 5. The molecule has 0 aliphatic heterocycles. The van der Waals surface area contributed by atoms with Crippen molar-refractivity contribution in [2.75, 3.05) is 0 Å². The highest BCUT2D eigenvalue weighted by molar-refractivity contribution is 6.16. The summed E-state index contributed by atoms with van der Waals surface area (Å²) in [6.07, 6.45) is 0. The van der Waals surface area contributed by atoms with Gasteiger partial charge < -0.3 is 4.42 Å². The summed E-state index contributed by atoms with van der Waals surface area (Å²) in [5.74, 6) is 1.30.